The molecule has 4 N–H and O–H groups in total. The maximum Gasteiger partial charge on any atom is 0.411 e. The molecule has 0 radical (unpaired) electrons. The lowest BCUT2D eigenvalue weighted by molar-refractivity contribution is -0.102. The predicted molar refractivity (Wildman–Crippen MR) is 281 cm³/mol. The number of carbonyl (C=O) groups excluding carboxylic acids is 6. The molecule has 0 atom stereocenters. The first-order valence-corrected chi connectivity index (χ1v) is 27.5. The van der Waals surface area contributed by atoms with Crippen LogP contribution in [0.2, 0.25) is 0 Å². The lowest BCUT2D eigenvalue weighted by atomic mass is 9.93. The summed E-state index contributed by atoms with van der Waals surface area (Å²) in [4.78, 5) is 79.6. The number of benzene rings is 6. The van der Waals surface area contributed by atoms with E-state index in [0.29, 0.717) is 76.0 Å². The Morgan fingerprint density at radius 1 is 0.630 bits per heavy atom. The Bertz CT molecular complexity index is 3280. The lowest BCUT2D eigenvalue weighted by Gasteiger charge is -2.27. The molecule has 2 heterocycles. The van der Waals surface area contributed by atoms with Gasteiger partial charge in [-0.15, -0.1) is 0 Å². The maximum absolute atomic E-state index is 13.0. The SMILES string of the molecule is CCCCN1C(=O)c2cccc3c(NCCO)ccc(c23)C1=O.CCCCN1C(=O)c2cccc3c(NCCOC(=O)Nc4ccc(S(=O)(=O)Cl)cc4)ccc(c23)C1=O.O=CC=Nc1ccc(S(=O)(=O)Cl)cc1. The van der Waals surface area contributed by atoms with Crippen LogP contribution < -0.4 is 16.0 Å². The van der Waals surface area contributed by atoms with E-state index in [-0.39, 0.29) is 53.2 Å². The second-order valence-corrected chi connectivity index (χ2v) is 21.3. The Morgan fingerprint density at radius 2 is 1.07 bits per heavy atom. The van der Waals surface area contributed by atoms with Crippen LogP contribution in [0.1, 0.15) is 81.0 Å². The van der Waals surface area contributed by atoms with E-state index in [1.807, 2.05) is 38.1 Å². The van der Waals surface area contributed by atoms with Gasteiger partial charge in [0.15, 0.2) is 6.29 Å². The molecule has 0 saturated heterocycles. The number of rotatable bonds is 18. The number of aliphatic imine (C=N–C) groups is 1. The third-order valence-electron chi connectivity index (χ3n) is 11.3. The Kier molecular flexibility index (Phi) is 18.8. The van der Waals surface area contributed by atoms with Crippen molar-refractivity contribution in [3.8, 4) is 0 Å². The highest BCUT2D eigenvalue weighted by Gasteiger charge is 2.34. The highest BCUT2D eigenvalue weighted by Crippen LogP contribution is 2.36. The minimum Gasteiger partial charge on any atom is -0.447 e. The van der Waals surface area contributed by atoms with Crippen molar-refractivity contribution in [2.24, 2.45) is 4.99 Å². The second-order valence-electron chi connectivity index (χ2n) is 16.2. The van der Waals surface area contributed by atoms with Crippen LogP contribution in [-0.4, -0.2) is 113 Å². The van der Waals surface area contributed by atoms with Crippen LogP contribution in [0.5, 0.6) is 0 Å². The van der Waals surface area contributed by atoms with Gasteiger partial charge in [0.05, 0.1) is 28.3 Å². The number of carbonyl (C=O) groups is 6. The van der Waals surface area contributed by atoms with Crippen molar-refractivity contribution in [3.05, 3.63) is 131 Å². The minimum absolute atomic E-state index is 0.00391. The van der Waals surface area contributed by atoms with Crippen LogP contribution in [0.4, 0.5) is 27.5 Å². The molecule has 0 unspecified atom stereocenters. The topological polar surface area (TPSA) is 255 Å². The predicted octanol–water partition coefficient (Wildman–Crippen LogP) is 8.98. The number of nitrogens with one attached hydrogen (secondary N) is 3. The number of aldehydes is 1. The average Bonchev–Trinajstić information content (AvgIpc) is 3.37. The molecule has 0 aromatic heterocycles. The van der Waals surface area contributed by atoms with Crippen LogP contribution in [0.3, 0.4) is 0 Å². The van der Waals surface area contributed by atoms with Crippen molar-refractivity contribution >= 4 is 126 Å². The number of amides is 5. The third kappa shape index (κ3) is 13.4. The maximum atomic E-state index is 13.0. The highest BCUT2D eigenvalue weighted by atomic mass is 35.7. The first-order chi connectivity index (χ1) is 34.9. The third-order valence-corrected chi connectivity index (χ3v) is 14.1. The quantitative estimate of drug-likeness (QED) is 0.0206. The molecule has 18 nitrogen and oxygen atoms in total. The molecule has 2 aliphatic rings. The molecule has 0 spiro atoms. The van der Waals surface area contributed by atoms with E-state index in [4.69, 9.17) is 31.2 Å². The first kappa shape index (κ1) is 55.1. The zero-order chi connectivity index (χ0) is 52.9. The van der Waals surface area contributed by atoms with Gasteiger partial charge >= 0.3 is 6.09 Å². The molecule has 22 heteroatoms. The number of aliphatic hydroxyl groups is 1. The first-order valence-electron chi connectivity index (χ1n) is 22.9. The summed E-state index contributed by atoms with van der Waals surface area (Å²) in [5.74, 6) is -1.03. The fourth-order valence-electron chi connectivity index (χ4n) is 7.83. The van der Waals surface area contributed by atoms with Crippen LogP contribution in [0.25, 0.3) is 21.5 Å². The van der Waals surface area contributed by atoms with Crippen molar-refractivity contribution in [3.63, 3.8) is 0 Å². The second kappa shape index (κ2) is 24.9. The summed E-state index contributed by atoms with van der Waals surface area (Å²) in [5, 5.41) is 20.7. The Hall–Kier alpha value is -7.23. The van der Waals surface area contributed by atoms with Gasteiger partial charge in [0.2, 0.25) is 0 Å². The number of halogens is 2. The number of nitrogens with zero attached hydrogens (tertiary/aromatic N) is 3. The zero-order valence-electron chi connectivity index (χ0n) is 39.5. The molecule has 382 valence electrons. The van der Waals surface area contributed by atoms with Gasteiger partial charge in [-0.3, -0.25) is 44.1 Å². The standard InChI is InChI=1S/C25H24ClN3O6S.C18H20N2O3.C8H6ClNO3S/c1-2-3-14-29-23(30)19-6-4-5-18-21(12-11-20(22(18)19)24(29)31)27-13-15-35-25(32)28-16-7-9-17(10-8-16)36(26,33)34;1-2-3-10-20-17(22)13-6-4-5-12-15(19-9-11-21)8-7-14(16(12)13)18(20)23;9-14(12,13)8-3-1-7(2-4-8)10-5-6-11/h4-12,27H,2-3,13-15H2,1H3,(H,28,32);4-8,19,21H,2-3,9-11H2,1H3;1-6H. The van der Waals surface area contributed by atoms with Crippen LogP contribution in [0.15, 0.2) is 124 Å². The molecule has 5 amide bonds. The van der Waals surface area contributed by atoms with Crippen LogP contribution in [0, 0.1) is 0 Å². The van der Waals surface area contributed by atoms with Gasteiger partial charge < -0.3 is 20.5 Å². The number of ether oxygens (including phenoxy) is 1. The molecular weight excluding hydrogens is 1020 g/mol. The molecular formula is C51H50Cl2N6O12S2. The molecule has 2 aliphatic heterocycles. The summed E-state index contributed by atoms with van der Waals surface area (Å²) < 4.78 is 49.4. The van der Waals surface area contributed by atoms with Crippen molar-refractivity contribution in [1.82, 2.24) is 9.80 Å². The minimum atomic E-state index is -3.84. The van der Waals surface area contributed by atoms with Crippen molar-refractivity contribution in [2.45, 2.75) is 49.3 Å². The smallest absolute Gasteiger partial charge is 0.411 e. The number of aliphatic hydroxyl groups excluding tert-OH is 1. The van der Waals surface area contributed by atoms with E-state index in [1.165, 1.54) is 58.3 Å². The van der Waals surface area contributed by atoms with Crippen molar-refractivity contribution in [1.29, 1.82) is 0 Å². The number of unbranched alkanes of at least 4 members (excludes halogenated alkanes) is 2. The lowest BCUT2D eigenvalue weighted by Crippen LogP contribution is -2.40. The van der Waals surface area contributed by atoms with Gasteiger partial charge in [-0.1, -0.05) is 51.0 Å². The highest BCUT2D eigenvalue weighted by molar-refractivity contribution is 8.14. The summed E-state index contributed by atoms with van der Waals surface area (Å²) in [6, 6.07) is 28.8. The van der Waals surface area contributed by atoms with Crippen LogP contribution in [-0.2, 0) is 27.6 Å². The largest absolute Gasteiger partial charge is 0.447 e. The van der Waals surface area contributed by atoms with Gasteiger partial charge in [0.1, 0.15) is 6.61 Å². The number of anilines is 3. The Morgan fingerprint density at radius 3 is 1.49 bits per heavy atom. The van der Waals surface area contributed by atoms with Crippen molar-refractivity contribution in [2.75, 3.05) is 55.3 Å². The van der Waals surface area contributed by atoms with Crippen molar-refractivity contribution < 1.29 is 55.4 Å². The summed E-state index contributed by atoms with van der Waals surface area (Å²) >= 11 is 0. The number of hydrogen-bond acceptors (Lipinski definition) is 15. The Labute approximate surface area is 430 Å². The molecule has 8 rings (SSSR count). The Balaban J connectivity index is 0.000000200. The molecule has 6 aromatic carbocycles. The zero-order valence-corrected chi connectivity index (χ0v) is 42.6. The molecule has 0 bridgehead atoms. The fourth-order valence-corrected chi connectivity index (χ4v) is 9.36. The van der Waals surface area contributed by atoms with Gasteiger partial charge in [-0.25, -0.2) is 21.6 Å². The molecule has 0 saturated carbocycles. The van der Waals surface area contributed by atoms with E-state index >= 15 is 0 Å². The van der Waals surface area contributed by atoms with E-state index in [2.05, 4.69) is 20.9 Å². The van der Waals surface area contributed by atoms with Gasteiger partial charge in [0.25, 0.3) is 41.7 Å². The molecule has 73 heavy (non-hydrogen) atoms. The van der Waals surface area contributed by atoms with E-state index in [9.17, 15) is 45.6 Å². The molecule has 0 fully saturated rings. The molecule has 6 aromatic rings. The normalized spacial score (nSPS) is 13.1. The van der Waals surface area contributed by atoms with E-state index in [1.54, 1.807) is 36.4 Å². The summed E-state index contributed by atoms with van der Waals surface area (Å²) in [6.45, 7) is 5.63. The van der Waals surface area contributed by atoms with Gasteiger partial charge in [0, 0.05) is 108 Å². The van der Waals surface area contributed by atoms with E-state index < -0.39 is 24.2 Å². The summed E-state index contributed by atoms with van der Waals surface area (Å²) in [7, 11) is 2.83. The average molecular weight is 1070 g/mol. The number of imide groups is 2. The van der Waals surface area contributed by atoms with E-state index in [0.717, 1.165) is 48.4 Å². The molecule has 0 aliphatic carbocycles. The summed E-state index contributed by atoms with van der Waals surface area (Å²) in [5.41, 5.74) is 4.49. The van der Waals surface area contributed by atoms with Gasteiger partial charge in [-0.2, -0.15) is 0 Å². The number of hydrogen-bond donors (Lipinski definition) is 4. The van der Waals surface area contributed by atoms with Crippen LogP contribution >= 0.6 is 21.4 Å². The fraction of sp³-hybridized carbons (Fsp3) is 0.235. The monoisotopic (exact) mass is 1070 g/mol. The summed E-state index contributed by atoms with van der Waals surface area (Å²) in [6.07, 6.45) is 4.25. The van der Waals surface area contributed by atoms with Gasteiger partial charge in [-0.05, 0) is 97.8 Å².